The van der Waals surface area contributed by atoms with E-state index in [0.717, 1.165) is 12.4 Å². The minimum atomic E-state index is -1.00. The van der Waals surface area contributed by atoms with Crippen molar-refractivity contribution < 1.29 is 19.0 Å². The first-order chi connectivity index (χ1) is 7.63. The van der Waals surface area contributed by atoms with E-state index in [9.17, 15) is 13.9 Å². The zero-order valence-electron chi connectivity index (χ0n) is 8.48. The zero-order chi connectivity index (χ0) is 11.7. The van der Waals surface area contributed by atoms with Gasteiger partial charge in [-0.05, 0) is 0 Å². The van der Waals surface area contributed by atoms with Crippen LogP contribution in [0.2, 0.25) is 0 Å². The fourth-order valence-corrected chi connectivity index (χ4v) is 1.94. The van der Waals surface area contributed by atoms with Crippen LogP contribution in [0.1, 0.15) is 6.42 Å². The van der Waals surface area contributed by atoms with Crippen LogP contribution in [0, 0.1) is 0 Å². The van der Waals surface area contributed by atoms with Crippen molar-refractivity contribution in [2.75, 3.05) is 13.3 Å². The lowest BCUT2D eigenvalue weighted by Crippen LogP contribution is -2.32. The number of allylic oxidation sites excluding steroid dienone is 1. The number of halogens is 2. The molecular weight excluding hydrogens is 218 g/mol. The lowest BCUT2D eigenvalue weighted by Gasteiger charge is -2.27. The first-order valence-electron chi connectivity index (χ1n) is 4.93. The number of rotatable bonds is 2. The molecule has 2 rings (SSSR count). The fourth-order valence-electron chi connectivity index (χ4n) is 1.94. The van der Waals surface area contributed by atoms with Gasteiger partial charge in [0.05, 0.1) is 25.0 Å². The zero-order valence-corrected chi connectivity index (χ0v) is 8.48. The van der Waals surface area contributed by atoms with Crippen molar-refractivity contribution in [2.45, 2.75) is 18.6 Å². The van der Waals surface area contributed by atoms with E-state index in [1.807, 2.05) is 0 Å². The number of hydrogen-bond acceptors (Lipinski definition) is 4. The first-order valence-corrected chi connectivity index (χ1v) is 4.93. The van der Waals surface area contributed by atoms with Crippen LogP contribution in [0.25, 0.3) is 0 Å². The molecule has 0 unspecified atom stereocenters. The highest BCUT2D eigenvalue weighted by Gasteiger charge is 2.36. The topological polar surface area (TPSA) is 56.1 Å². The quantitative estimate of drug-likeness (QED) is 0.726. The SMILES string of the molecule is OCC1=C(F)[C@@H](N2C=C(F)C=NC2)C[C@H]1O. The summed E-state index contributed by atoms with van der Waals surface area (Å²) in [5, 5.41) is 18.4. The Kier molecular flexibility index (Phi) is 3.02. The van der Waals surface area contributed by atoms with Crippen molar-refractivity contribution in [3.8, 4) is 0 Å². The van der Waals surface area contributed by atoms with E-state index in [-0.39, 0.29) is 18.7 Å². The van der Waals surface area contributed by atoms with Gasteiger partial charge in [0.1, 0.15) is 12.5 Å². The van der Waals surface area contributed by atoms with Gasteiger partial charge in [-0.25, -0.2) is 8.78 Å². The summed E-state index contributed by atoms with van der Waals surface area (Å²) in [7, 11) is 0. The van der Waals surface area contributed by atoms with Gasteiger partial charge in [0, 0.05) is 18.2 Å². The summed E-state index contributed by atoms with van der Waals surface area (Å²) in [6, 6.07) is -0.736. The van der Waals surface area contributed by atoms with Crippen LogP contribution in [0.15, 0.2) is 28.4 Å². The van der Waals surface area contributed by atoms with Crippen LogP contribution < -0.4 is 0 Å². The summed E-state index contributed by atoms with van der Waals surface area (Å²) in [6.07, 6.45) is 1.33. The number of aliphatic hydroxyl groups is 2. The van der Waals surface area contributed by atoms with Crippen molar-refractivity contribution >= 4 is 6.21 Å². The van der Waals surface area contributed by atoms with Gasteiger partial charge in [-0.3, -0.25) is 4.99 Å². The molecule has 0 spiro atoms. The van der Waals surface area contributed by atoms with Gasteiger partial charge >= 0.3 is 0 Å². The Morgan fingerprint density at radius 2 is 2.25 bits per heavy atom. The van der Waals surface area contributed by atoms with E-state index in [2.05, 4.69) is 4.99 Å². The standard InChI is InChI=1S/C10H12F2N2O2/c11-6-2-13-5-14(3-6)8-1-9(16)7(4-15)10(8)12/h2-3,8-9,15-16H,1,4-5H2/t8-,9+/m0/s1. The summed E-state index contributed by atoms with van der Waals surface area (Å²) < 4.78 is 26.6. The van der Waals surface area contributed by atoms with Gasteiger partial charge in [0.2, 0.25) is 0 Å². The summed E-state index contributed by atoms with van der Waals surface area (Å²) >= 11 is 0. The molecular formula is C10H12F2N2O2. The monoisotopic (exact) mass is 230 g/mol. The number of aliphatic hydroxyl groups excluding tert-OH is 2. The third-order valence-corrected chi connectivity index (χ3v) is 2.77. The summed E-state index contributed by atoms with van der Waals surface area (Å²) in [4.78, 5) is 5.09. The highest BCUT2D eigenvalue weighted by atomic mass is 19.1. The van der Waals surface area contributed by atoms with Crippen molar-refractivity contribution in [3.05, 3.63) is 23.4 Å². The smallest absolute Gasteiger partial charge is 0.156 e. The third kappa shape index (κ3) is 1.85. The Labute approximate surface area is 91.2 Å². The first kappa shape index (κ1) is 11.2. The van der Waals surface area contributed by atoms with Gasteiger partial charge in [-0.1, -0.05) is 0 Å². The van der Waals surface area contributed by atoms with Crippen LogP contribution >= 0.6 is 0 Å². The van der Waals surface area contributed by atoms with E-state index >= 15 is 0 Å². The third-order valence-electron chi connectivity index (χ3n) is 2.77. The van der Waals surface area contributed by atoms with Crippen LogP contribution in [-0.2, 0) is 0 Å². The Balaban J connectivity index is 2.19. The lowest BCUT2D eigenvalue weighted by molar-refractivity contribution is 0.167. The maximum atomic E-state index is 13.7. The second kappa shape index (κ2) is 4.31. The second-order valence-corrected chi connectivity index (χ2v) is 3.78. The molecule has 4 nitrogen and oxygen atoms in total. The number of nitrogens with zero attached hydrogens (tertiary/aromatic N) is 2. The normalized spacial score (nSPS) is 30.0. The second-order valence-electron chi connectivity index (χ2n) is 3.78. The molecule has 0 radical (unpaired) electrons. The molecule has 0 fully saturated rings. The molecule has 1 aliphatic carbocycles. The van der Waals surface area contributed by atoms with Crippen molar-refractivity contribution in [1.29, 1.82) is 0 Å². The minimum absolute atomic E-state index is 0.0200. The molecule has 88 valence electrons. The number of aliphatic imine (C=N–C) groups is 1. The van der Waals surface area contributed by atoms with E-state index in [0.29, 0.717) is 0 Å². The number of hydrogen-bond donors (Lipinski definition) is 2. The molecule has 0 saturated carbocycles. The largest absolute Gasteiger partial charge is 0.392 e. The molecule has 2 aliphatic rings. The molecule has 1 heterocycles. The van der Waals surface area contributed by atoms with Crippen LogP contribution in [0.3, 0.4) is 0 Å². The van der Waals surface area contributed by atoms with E-state index in [1.165, 1.54) is 4.90 Å². The van der Waals surface area contributed by atoms with Gasteiger partial charge in [-0.15, -0.1) is 0 Å². The Morgan fingerprint density at radius 3 is 2.81 bits per heavy atom. The van der Waals surface area contributed by atoms with Crippen LogP contribution in [0.4, 0.5) is 8.78 Å². The highest BCUT2D eigenvalue weighted by molar-refractivity contribution is 5.76. The molecule has 2 N–H and O–H groups in total. The Bertz CT molecular complexity index is 379. The van der Waals surface area contributed by atoms with Crippen molar-refractivity contribution in [3.63, 3.8) is 0 Å². The van der Waals surface area contributed by atoms with E-state index in [1.54, 1.807) is 0 Å². The maximum Gasteiger partial charge on any atom is 0.156 e. The van der Waals surface area contributed by atoms with Crippen molar-refractivity contribution in [2.24, 2.45) is 4.99 Å². The van der Waals surface area contributed by atoms with E-state index < -0.39 is 30.4 Å². The van der Waals surface area contributed by atoms with Crippen LogP contribution in [-0.4, -0.2) is 46.7 Å². The van der Waals surface area contributed by atoms with Gasteiger partial charge in [-0.2, -0.15) is 0 Å². The summed E-state index contributed by atoms with van der Waals surface area (Å²) in [5.41, 5.74) is -0.0200. The maximum absolute atomic E-state index is 13.7. The average molecular weight is 230 g/mol. The molecule has 16 heavy (non-hydrogen) atoms. The van der Waals surface area contributed by atoms with Crippen LogP contribution in [0.5, 0.6) is 0 Å². The summed E-state index contributed by atoms with van der Waals surface area (Å²) in [5.74, 6) is -1.14. The van der Waals surface area contributed by atoms with Gasteiger partial charge in [0.25, 0.3) is 0 Å². The Hall–Kier alpha value is -1.27. The van der Waals surface area contributed by atoms with E-state index in [4.69, 9.17) is 5.11 Å². The molecule has 1 aliphatic heterocycles. The molecule has 6 heteroatoms. The molecule has 0 saturated heterocycles. The molecule has 0 amide bonds. The summed E-state index contributed by atoms with van der Waals surface area (Å²) in [6.45, 7) is -0.371. The lowest BCUT2D eigenvalue weighted by atomic mass is 10.2. The predicted molar refractivity (Wildman–Crippen MR) is 54.0 cm³/mol. The molecule has 0 aromatic heterocycles. The van der Waals surface area contributed by atoms with Gasteiger partial charge < -0.3 is 15.1 Å². The molecule has 0 bridgehead atoms. The predicted octanol–water partition coefficient (Wildman–Crippen LogP) is 0.490. The molecule has 2 atom stereocenters. The van der Waals surface area contributed by atoms with Crippen molar-refractivity contribution in [1.82, 2.24) is 4.90 Å². The minimum Gasteiger partial charge on any atom is -0.392 e. The van der Waals surface area contributed by atoms with Gasteiger partial charge in [0.15, 0.2) is 5.83 Å². The molecule has 0 aromatic carbocycles. The highest BCUT2D eigenvalue weighted by Crippen LogP contribution is 2.32. The molecule has 0 aromatic rings. The average Bonchev–Trinajstić information content (AvgIpc) is 2.54. The fraction of sp³-hybridized carbons (Fsp3) is 0.500. The Morgan fingerprint density at radius 1 is 1.50 bits per heavy atom.